The number of rotatable bonds is 2. The highest BCUT2D eigenvalue weighted by atomic mass is 35.5. The van der Waals surface area contributed by atoms with Crippen LogP contribution in [0.15, 0.2) is 35.3 Å². The van der Waals surface area contributed by atoms with Crippen LogP contribution in [-0.4, -0.2) is 16.8 Å². The van der Waals surface area contributed by atoms with E-state index in [0.29, 0.717) is 10.6 Å². The summed E-state index contributed by atoms with van der Waals surface area (Å²) in [7, 11) is 0. The predicted octanol–water partition coefficient (Wildman–Crippen LogP) is 1.34. The fourth-order valence-corrected chi connectivity index (χ4v) is 1.31. The number of carbonyl (C=O) groups excluding carboxylic acids is 2. The molecule has 0 fully saturated rings. The first kappa shape index (κ1) is 11.3. The van der Waals surface area contributed by atoms with Gasteiger partial charge in [-0.25, -0.2) is 0 Å². The lowest BCUT2D eigenvalue weighted by atomic mass is 10.3. The molecule has 0 radical (unpaired) electrons. The molecule has 0 saturated carbocycles. The third-order valence-corrected chi connectivity index (χ3v) is 2.18. The molecule has 2 heterocycles. The summed E-state index contributed by atoms with van der Waals surface area (Å²) in [5.74, 6) is -0.960. The van der Waals surface area contributed by atoms with Crippen molar-refractivity contribution in [1.82, 2.24) is 15.8 Å². The molecule has 0 atom stereocenters. The Labute approximate surface area is 101 Å². The number of nitrogens with one attached hydrogen (secondary N) is 3. The van der Waals surface area contributed by atoms with Crippen molar-refractivity contribution in [2.75, 3.05) is 0 Å². The SMILES string of the molecule is O=C(NNC(=O)c1cc(Cl)c[nH]1)c1ccoc1. The Kier molecular flexibility index (Phi) is 3.15. The van der Waals surface area contributed by atoms with E-state index in [2.05, 4.69) is 15.8 Å². The summed E-state index contributed by atoms with van der Waals surface area (Å²) in [5.41, 5.74) is 5.03. The molecule has 0 saturated heterocycles. The number of aromatic amines is 1. The molecule has 0 aromatic carbocycles. The standard InChI is InChI=1S/C10H8ClN3O3/c11-7-3-8(12-4-7)10(16)14-13-9(15)6-1-2-17-5-6/h1-5,12H,(H,13,15)(H,14,16). The van der Waals surface area contributed by atoms with E-state index in [1.54, 1.807) is 0 Å². The normalized spacial score (nSPS) is 9.94. The van der Waals surface area contributed by atoms with E-state index in [4.69, 9.17) is 16.0 Å². The average molecular weight is 254 g/mol. The Balaban J connectivity index is 1.91. The van der Waals surface area contributed by atoms with Crippen LogP contribution in [0.4, 0.5) is 0 Å². The molecule has 2 aromatic rings. The highest BCUT2D eigenvalue weighted by Gasteiger charge is 2.10. The minimum atomic E-state index is -0.492. The molecule has 0 unspecified atom stereocenters. The number of amides is 2. The molecule has 7 heteroatoms. The Bertz CT molecular complexity index is 533. The number of carbonyl (C=O) groups is 2. The average Bonchev–Trinajstić information content (AvgIpc) is 2.95. The van der Waals surface area contributed by atoms with E-state index in [9.17, 15) is 9.59 Å². The van der Waals surface area contributed by atoms with Crippen molar-refractivity contribution in [3.63, 3.8) is 0 Å². The molecular weight excluding hydrogens is 246 g/mol. The smallest absolute Gasteiger partial charge is 0.286 e. The Hall–Kier alpha value is -2.21. The number of hydrogen-bond donors (Lipinski definition) is 3. The van der Waals surface area contributed by atoms with Crippen LogP contribution < -0.4 is 10.9 Å². The summed E-state index contributed by atoms with van der Waals surface area (Å²) in [6.07, 6.45) is 4.10. The first-order valence-corrected chi connectivity index (χ1v) is 5.01. The van der Waals surface area contributed by atoms with E-state index in [1.807, 2.05) is 0 Å². The van der Waals surface area contributed by atoms with Crippen LogP contribution in [-0.2, 0) is 0 Å². The van der Waals surface area contributed by atoms with Crippen LogP contribution in [0.5, 0.6) is 0 Å². The molecule has 17 heavy (non-hydrogen) atoms. The molecule has 0 aliphatic heterocycles. The highest BCUT2D eigenvalue weighted by molar-refractivity contribution is 6.30. The number of aromatic nitrogens is 1. The van der Waals surface area contributed by atoms with Crippen molar-refractivity contribution >= 4 is 23.4 Å². The lowest BCUT2D eigenvalue weighted by molar-refractivity contribution is 0.0844. The zero-order chi connectivity index (χ0) is 12.3. The maximum Gasteiger partial charge on any atom is 0.286 e. The molecule has 0 bridgehead atoms. The number of hydrogen-bond acceptors (Lipinski definition) is 3. The van der Waals surface area contributed by atoms with Gasteiger partial charge in [0, 0.05) is 6.20 Å². The molecule has 88 valence electrons. The maximum absolute atomic E-state index is 11.5. The van der Waals surface area contributed by atoms with Gasteiger partial charge in [-0.05, 0) is 12.1 Å². The summed E-state index contributed by atoms with van der Waals surface area (Å²) >= 11 is 5.64. The van der Waals surface area contributed by atoms with E-state index >= 15 is 0 Å². The van der Waals surface area contributed by atoms with Gasteiger partial charge in [-0.15, -0.1) is 0 Å². The van der Waals surface area contributed by atoms with Crippen LogP contribution in [0.2, 0.25) is 5.02 Å². The van der Waals surface area contributed by atoms with Crippen molar-refractivity contribution in [3.8, 4) is 0 Å². The zero-order valence-corrected chi connectivity index (χ0v) is 9.25. The summed E-state index contributed by atoms with van der Waals surface area (Å²) in [6.45, 7) is 0. The number of furan rings is 1. The minimum Gasteiger partial charge on any atom is -0.472 e. The summed E-state index contributed by atoms with van der Waals surface area (Å²) in [4.78, 5) is 25.6. The van der Waals surface area contributed by atoms with Crippen molar-refractivity contribution < 1.29 is 14.0 Å². The Morgan fingerprint density at radius 3 is 2.65 bits per heavy atom. The van der Waals surface area contributed by atoms with Crippen molar-refractivity contribution in [3.05, 3.63) is 47.1 Å². The molecular formula is C10H8ClN3O3. The lowest BCUT2D eigenvalue weighted by Gasteiger charge is -2.04. The van der Waals surface area contributed by atoms with Gasteiger partial charge in [0.05, 0.1) is 16.8 Å². The zero-order valence-electron chi connectivity index (χ0n) is 8.49. The summed E-state index contributed by atoms with van der Waals surface area (Å²) in [6, 6.07) is 2.92. The third kappa shape index (κ3) is 2.67. The first-order chi connectivity index (χ1) is 8.16. The van der Waals surface area contributed by atoms with E-state index < -0.39 is 11.8 Å². The minimum absolute atomic E-state index is 0.252. The number of halogens is 1. The van der Waals surface area contributed by atoms with Gasteiger partial charge in [-0.2, -0.15) is 0 Å². The van der Waals surface area contributed by atoms with Crippen LogP contribution >= 0.6 is 11.6 Å². The second-order valence-electron chi connectivity index (χ2n) is 3.15. The van der Waals surface area contributed by atoms with E-state index in [0.717, 1.165) is 0 Å². The molecule has 6 nitrogen and oxygen atoms in total. The Morgan fingerprint density at radius 1 is 1.29 bits per heavy atom. The van der Waals surface area contributed by atoms with Gasteiger partial charge in [0.1, 0.15) is 12.0 Å². The van der Waals surface area contributed by atoms with Crippen molar-refractivity contribution in [2.45, 2.75) is 0 Å². The molecule has 2 amide bonds. The van der Waals surface area contributed by atoms with Gasteiger partial charge in [0.25, 0.3) is 11.8 Å². The van der Waals surface area contributed by atoms with Crippen LogP contribution in [0.1, 0.15) is 20.8 Å². The molecule has 0 aliphatic rings. The summed E-state index contributed by atoms with van der Waals surface area (Å²) < 4.78 is 4.73. The molecule has 2 aromatic heterocycles. The molecule has 2 rings (SSSR count). The fourth-order valence-electron chi connectivity index (χ4n) is 1.15. The number of hydrazine groups is 1. The van der Waals surface area contributed by atoms with Gasteiger partial charge < -0.3 is 9.40 Å². The van der Waals surface area contributed by atoms with E-state index in [1.165, 1.54) is 30.9 Å². The summed E-state index contributed by atoms with van der Waals surface area (Å²) in [5, 5.41) is 0.413. The van der Waals surface area contributed by atoms with Crippen LogP contribution in [0.3, 0.4) is 0 Å². The maximum atomic E-state index is 11.5. The van der Waals surface area contributed by atoms with Gasteiger partial charge in [0.2, 0.25) is 0 Å². The lowest BCUT2D eigenvalue weighted by Crippen LogP contribution is -2.41. The van der Waals surface area contributed by atoms with Crippen molar-refractivity contribution in [2.24, 2.45) is 0 Å². The largest absolute Gasteiger partial charge is 0.472 e. The Morgan fingerprint density at radius 2 is 2.06 bits per heavy atom. The van der Waals surface area contributed by atoms with Gasteiger partial charge >= 0.3 is 0 Å². The second kappa shape index (κ2) is 4.75. The number of H-pyrrole nitrogens is 1. The first-order valence-electron chi connectivity index (χ1n) is 4.63. The molecule has 0 aliphatic carbocycles. The van der Waals surface area contributed by atoms with Gasteiger partial charge in [0.15, 0.2) is 0 Å². The van der Waals surface area contributed by atoms with Gasteiger partial charge in [-0.3, -0.25) is 20.4 Å². The highest BCUT2D eigenvalue weighted by Crippen LogP contribution is 2.08. The monoisotopic (exact) mass is 253 g/mol. The van der Waals surface area contributed by atoms with E-state index in [-0.39, 0.29) is 5.69 Å². The quantitative estimate of drug-likeness (QED) is 0.706. The predicted molar refractivity (Wildman–Crippen MR) is 59.4 cm³/mol. The van der Waals surface area contributed by atoms with Crippen LogP contribution in [0.25, 0.3) is 0 Å². The van der Waals surface area contributed by atoms with Crippen molar-refractivity contribution in [1.29, 1.82) is 0 Å². The molecule has 3 N–H and O–H groups in total. The topological polar surface area (TPSA) is 87.1 Å². The van der Waals surface area contributed by atoms with Gasteiger partial charge in [-0.1, -0.05) is 11.6 Å². The second-order valence-corrected chi connectivity index (χ2v) is 3.59. The van der Waals surface area contributed by atoms with Crippen LogP contribution in [0, 0.1) is 0 Å². The molecule has 0 spiro atoms. The fraction of sp³-hybridized carbons (Fsp3) is 0. The third-order valence-electron chi connectivity index (χ3n) is 1.97.